The Morgan fingerprint density at radius 2 is 2.24 bits per heavy atom. The average molecular weight is 299 g/mol. The molecule has 0 radical (unpaired) electrons. The largest absolute Gasteiger partial charge is 0.395 e. The van der Waals surface area contributed by atoms with Crippen molar-refractivity contribution >= 4 is 15.9 Å². The lowest BCUT2D eigenvalue weighted by molar-refractivity contribution is 0.118. The Kier molecular flexibility index (Phi) is 4.95. The summed E-state index contributed by atoms with van der Waals surface area (Å²) in [6.45, 7) is 2.23. The van der Waals surface area contributed by atoms with Gasteiger partial charge in [0.15, 0.2) is 0 Å². The van der Waals surface area contributed by atoms with Gasteiger partial charge in [0.05, 0.1) is 6.61 Å². The topological polar surface area (TPSA) is 36.4 Å². The molecule has 0 aromatic carbocycles. The van der Waals surface area contributed by atoms with Crippen LogP contribution in [0.5, 0.6) is 0 Å². The van der Waals surface area contributed by atoms with Gasteiger partial charge in [-0.2, -0.15) is 0 Å². The number of aliphatic hydroxyl groups excluding tert-OH is 1. The summed E-state index contributed by atoms with van der Waals surface area (Å²) in [6.07, 6.45) is 8.57. The van der Waals surface area contributed by atoms with Gasteiger partial charge in [-0.05, 0) is 46.9 Å². The Balaban J connectivity index is 2.04. The summed E-state index contributed by atoms with van der Waals surface area (Å²) in [5, 5.41) is 9.45. The first-order chi connectivity index (χ1) is 8.29. The molecule has 0 spiro atoms. The highest BCUT2D eigenvalue weighted by Gasteiger charge is 2.20. The number of nitrogens with zero attached hydrogens (tertiary/aromatic N) is 2. The van der Waals surface area contributed by atoms with E-state index in [4.69, 9.17) is 0 Å². The molecule has 0 aliphatic carbocycles. The fourth-order valence-electron chi connectivity index (χ4n) is 2.43. The van der Waals surface area contributed by atoms with Gasteiger partial charge in [0, 0.05) is 29.5 Å². The predicted molar refractivity (Wildman–Crippen MR) is 71.7 cm³/mol. The Bertz CT molecular complexity index is 359. The first-order valence-electron chi connectivity index (χ1n) is 6.24. The van der Waals surface area contributed by atoms with Crippen LogP contribution in [-0.2, 0) is 6.54 Å². The lowest BCUT2D eigenvalue weighted by Crippen LogP contribution is -2.36. The molecular formula is C13H19BrN2O. The van der Waals surface area contributed by atoms with Crippen molar-refractivity contribution in [2.24, 2.45) is 0 Å². The summed E-state index contributed by atoms with van der Waals surface area (Å²) >= 11 is 3.44. The fraction of sp³-hybridized carbons (Fsp3) is 0.615. The minimum Gasteiger partial charge on any atom is -0.395 e. The smallest absolute Gasteiger partial charge is 0.0586 e. The summed E-state index contributed by atoms with van der Waals surface area (Å²) in [5.41, 5.74) is 1.21. The molecule has 1 N–H and O–H groups in total. The lowest BCUT2D eigenvalue weighted by Gasteiger charge is -2.28. The lowest BCUT2D eigenvalue weighted by atomic mass is 10.1. The van der Waals surface area contributed by atoms with Gasteiger partial charge in [-0.25, -0.2) is 0 Å². The minimum absolute atomic E-state index is 0.265. The maximum Gasteiger partial charge on any atom is 0.0586 e. The molecule has 17 heavy (non-hydrogen) atoms. The number of aliphatic hydroxyl groups is 1. The Morgan fingerprint density at radius 3 is 3.00 bits per heavy atom. The molecule has 2 rings (SSSR count). The maximum atomic E-state index is 9.45. The number of hydrogen-bond acceptors (Lipinski definition) is 3. The summed E-state index contributed by atoms with van der Waals surface area (Å²) in [5.74, 6) is 0. The molecule has 94 valence electrons. The van der Waals surface area contributed by atoms with Gasteiger partial charge < -0.3 is 5.11 Å². The van der Waals surface area contributed by atoms with Crippen molar-refractivity contribution in [3.63, 3.8) is 0 Å². The standard InChI is InChI=1S/C13H19BrN2O/c14-12-6-11(7-15-8-12)9-16-5-3-1-2-4-13(16)10-17/h6-8,13,17H,1-5,9-10H2. The van der Waals surface area contributed by atoms with E-state index >= 15 is 0 Å². The third-order valence-electron chi connectivity index (χ3n) is 3.36. The van der Waals surface area contributed by atoms with Gasteiger partial charge in [-0.1, -0.05) is 12.8 Å². The second-order valence-electron chi connectivity index (χ2n) is 4.67. The number of aromatic nitrogens is 1. The third kappa shape index (κ3) is 3.76. The van der Waals surface area contributed by atoms with Crippen molar-refractivity contribution in [2.45, 2.75) is 38.3 Å². The highest BCUT2D eigenvalue weighted by molar-refractivity contribution is 9.10. The van der Waals surface area contributed by atoms with E-state index in [1.54, 1.807) is 6.20 Å². The van der Waals surface area contributed by atoms with Crippen LogP contribution in [0.1, 0.15) is 31.2 Å². The van der Waals surface area contributed by atoms with Crippen molar-refractivity contribution in [1.29, 1.82) is 0 Å². The van der Waals surface area contributed by atoms with Crippen LogP contribution in [0.3, 0.4) is 0 Å². The summed E-state index contributed by atoms with van der Waals surface area (Å²) in [7, 11) is 0. The number of pyridine rings is 1. The molecule has 1 saturated heterocycles. The van der Waals surface area contributed by atoms with Gasteiger partial charge >= 0.3 is 0 Å². The Morgan fingerprint density at radius 1 is 1.35 bits per heavy atom. The molecule has 1 aromatic rings. The normalized spacial score (nSPS) is 22.4. The zero-order valence-electron chi connectivity index (χ0n) is 9.98. The quantitative estimate of drug-likeness (QED) is 0.932. The van der Waals surface area contributed by atoms with Crippen LogP contribution in [0.25, 0.3) is 0 Å². The zero-order valence-corrected chi connectivity index (χ0v) is 11.6. The van der Waals surface area contributed by atoms with E-state index < -0.39 is 0 Å². The van der Waals surface area contributed by atoms with Gasteiger partial charge in [0.1, 0.15) is 0 Å². The van der Waals surface area contributed by atoms with Crippen molar-refractivity contribution in [1.82, 2.24) is 9.88 Å². The predicted octanol–water partition coefficient (Wildman–Crippen LogP) is 2.58. The highest BCUT2D eigenvalue weighted by atomic mass is 79.9. The SMILES string of the molecule is OCC1CCCCCN1Cc1cncc(Br)c1. The van der Waals surface area contributed by atoms with Crippen LogP contribution in [0.4, 0.5) is 0 Å². The highest BCUT2D eigenvalue weighted by Crippen LogP contribution is 2.19. The Labute approximate surface area is 111 Å². The molecule has 1 unspecified atom stereocenters. The summed E-state index contributed by atoms with van der Waals surface area (Å²) in [6, 6.07) is 2.42. The van der Waals surface area contributed by atoms with Gasteiger partial charge in [0.2, 0.25) is 0 Å². The average Bonchev–Trinajstić information content (AvgIpc) is 2.54. The number of hydrogen-bond donors (Lipinski definition) is 1. The molecule has 1 aliphatic heterocycles. The fourth-order valence-corrected chi connectivity index (χ4v) is 2.84. The van der Waals surface area contributed by atoms with Crippen molar-refractivity contribution in [2.75, 3.05) is 13.2 Å². The number of halogens is 1. The Hall–Kier alpha value is -0.450. The molecule has 0 bridgehead atoms. The van der Waals surface area contributed by atoms with Crippen LogP contribution >= 0.6 is 15.9 Å². The summed E-state index contributed by atoms with van der Waals surface area (Å²) < 4.78 is 1.02. The van der Waals surface area contributed by atoms with Crippen molar-refractivity contribution in [3.8, 4) is 0 Å². The van der Waals surface area contributed by atoms with E-state index in [2.05, 4.69) is 31.9 Å². The van der Waals surface area contributed by atoms with E-state index in [0.717, 1.165) is 24.0 Å². The van der Waals surface area contributed by atoms with E-state index in [-0.39, 0.29) is 6.61 Å². The zero-order chi connectivity index (χ0) is 12.1. The van der Waals surface area contributed by atoms with E-state index in [9.17, 15) is 5.11 Å². The molecule has 3 nitrogen and oxygen atoms in total. The number of rotatable bonds is 3. The van der Waals surface area contributed by atoms with Crippen LogP contribution in [0.2, 0.25) is 0 Å². The molecule has 1 fully saturated rings. The van der Waals surface area contributed by atoms with Gasteiger partial charge in [-0.3, -0.25) is 9.88 Å². The first kappa shape index (κ1) is 13.0. The van der Waals surface area contributed by atoms with Crippen LogP contribution in [-0.4, -0.2) is 34.2 Å². The van der Waals surface area contributed by atoms with Gasteiger partial charge in [-0.15, -0.1) is 0 Å². The summed E-state index contributed by atoms with van der Waals surface area (Å²) in [4.78, 5) is 6.57. The van der Waals surface area contributed by atoms with Crippen LogP contribution in [0.15, 0.2) is 22.9 Å². The van der Waals surface area contributed by atoms with Gasteiger partial charge in [0.25, 0.3) is 0 Å². The van der Waals surface area contributed by atoms with Crippen LogP contribution in [0, 0.1) is 0 Å². The second kappa shape index (κ2) is 6.47. The third-order valence-corrected chi connectivity index (χ3v) is 3.79. The van der Waals surface area contributed by atoms with Crippen molar-refractivity contribution < 1.29 is 5.11 Å². The minimum atomic E-state index is 0.265. The van der Waals surface area contributed by atoms with E-state index in [1.807, 2.05) is 6.20 Å². The molecular weight excluding hydrogens is 280 g/mol. The van der Waals surface area contributed by atoms with E-state index in [0.29, 0.717) is 6.04 Å². The molecule has 0 amide bonds. The maximum absolute atomic E-state index is 9.45. The molecule has 4 heteroatoms. The monoisotopic (exact) mass is 298 g/mol. The molecule has 1 aliphatic rings. The second-order valence-corrected chi connectivity index (χ2v) is 5.58. The van der Waals surface area contributed by atoms with E-state index in [1.165, 1.54) is 24.8 Å². The first-order valence-corrected chi connectivity index (χ1v) is 7.03. The molecule has 1 atom stereocenters. The number of likely N-dealkylation sites (tertiary alicyclic amines) is 1. The molecule has 1 aromatic heterocycles. The van der Waals surface area contributed by atoms with Crippen molar-refractivity contribution in [3.05, 3.63) is 28.5 Å². The molecule has 0 saturated carbocycles. The molecule has 2 heterocycles. The van der Waals surface area contributed by atoms with Crippen LogP contribution < -0.4 is 0 Å².